The van der Waals surface area contributed by atoms with E-state index in [0.717, 1.165) is 60.5 Å². The number of aromatic nitrogens is 2. The molecule has 0 saturated heterocycles. The van der Waals surface area contributed by atoms with Gasteiger partial charge in [-0.3, -0.25) is 0 Å². The first kappa shape index (κ1) is 24.2. The molecule has 0 N–H and O–H groups in total. The fraction of sp³-hybridized carbons (Fsp3) is 0. The van der Waals surface area contributed by atoms with Gasteiger partial charge in [0, 0.05) is 32.9 Å². The van der Waals surface area contributed by atoms with Crippen molar-refractivity contribution < 1.29 is 9.60 Å². The zero-order valence-corrected chi connectivity index (χ0v) is 29.0. The number of hydrogen-bond acceptors (Lipinski definition) is 0. The van der Waals surface area contributed by atoms with Crippen LogP contribution in [0.15, 0.2) is 206 Å². The van der Waals surface area contributed by atoms with E-state index in [1.54, 1.807) is 4.57 Å². The Hall–Kier alpha value is -7.16. The molecule has 0 bridgehead atoms. The molecule has 2 aromatic heterocycles. The van der Waals surface area contributed by atoms with E-state index in [4.69, 9.17) is 4.11 Å². The van der Waals surface area contributed by atoms with Crippen molar-refractivity contribution in [3.8, 4) is 44.8 Å². The minimum atomic E-state index is -0.420. The molecular weight excluding hydrogens is 653 g/mol. The number of para-hydroxylation sites is 1. The summed E-state index contributed by atoms with van der Waals surface area (Å²) in [5, 5.41) is 4.16. The van der Waals surface area contributed by atoms with E-state index in [1.165, 1.54) is 0 Å². The standard InChI is InChI=1S/C52H34N2/c1-3-13-35(14-4-1)39-19-11-20-42(31-39)54-50-30-27-41(34-47(50)52-44(22-12-24-51(52)54)37-16-5-2-6-17-37)40-26-29-49-46(33-40)45-21-9-10-23-48(45)53(49)43-28-25-36-15-7-8-18-38(36)32-43/h1-34H/i9D,10D,21D,23D,26D,29D,33D. The van der Waals surface area contributed by atoms with Crippen LogP contribution in [0, 0.1) is 0 Å². The molecule has 0 aliphatic rings. The Balaban J connectivity index is 1.22. The lowest BCUT2D eigenvalue weighted by atomic mass is 9.97. The first-order valence-electron chi connectivity index (χ1n) is 21.5. The highest BCUT2D eigenvalue weighted by molar-refractivity contribution is 6.17. The van der Waals surface area contributed by atoms with E-state index in [0.29, 0.717) is 11.3 Å². The van der Waals surface area contributed by atoms with E-state index in [9.17, 15) is 5.48 Å². The van der Waals surface area contributed by atoms with Gasteiger partial charge in [0.05, 0.1) is 31.7 Å². The summed E-state index contributed by atoms with van der Waals surface area (Å²) in [5.74, 6) is 0. The van der Waals surface area contributed by atoms with Crippen molar-refractivity contribution in [1.29, 1.82) is 0 Å². The van der Waals surface area contributed by atoms with Crippen molar-refractivity contribution in [1.82, 2.24) is 9.13 Å². The average molecular weight is 694 g/mol. The van der Waals surface area contributed by atoms with Crippen LogP contribution in [0.1, 0.15) is 9.60 Å². The van der Waals surface area contributed by atoms with Crippen LogP contribution in [0.2, 0.25) is 0 Å². The Kier molecular flexibility index (Phi) is 5.47. The summed E-state index contributed by atoms with van der Waals surface area (Å²) in [6.45, 7) is 0. The molecule has 0 fully saturated rings. The van der Waals surface area contributed by atoms with E-state index in [-0.39, 0.29) is 57.6 Å². The highest BCUT2D eigenvalue weighted by atomic mass is 15.0. The molecule has 54 heavy (non-hydrogen) atoms. The highest BCUT2D eigenvalue weighted by Crippen LogP contribution is 2.42. The number of fused-ring (bicyclic) bond motifs is 7. The quantitative estimate of drug-likeness (QED) is 0.170. The number of nitrogens with zero attached hydrogens (tertiary/aromatic N) is 2. The second-order valence-electron chi connectivity index (χ2n) is 13.6. The van der Waals surface area contributed by atoms with Crippen molar-refractivity contribution >= 4 is 54.4 Å². The van der Waals surface area contributed by atoms with Gasteiger partial charge in [0.25, 0.3) is 0 Å². The van der Waals surface area contributed by atoms with Crippen molar-refractivity contribution in [2.24, 2.45) is 0 Å². The summed E-state index contributed by atoms with van der Waals surface area (Å²) < 4.78 is 68.7. The van der Waals surface area contributed by atoms with Gasteiger partial charge >= 0.3 is 0 Å². The van der Waals surface area contributed by atoms with Gasteiger partial charge in [0.1, 0.15) is 0 Å². The predicted molar refractivity (Wildman–Crippen MR) is 229 cm³/mol. The lowest BCUT2D eigenvalue weighted by Crippen LogP contribution is -1.94. The molecule has 2 nitrogen and oxygen atoms in total. The lowest BCUT2D eigenvalue weighted by molar-refractivity contribution is 1.18. The topological polar surface area (TPSA) is 9.86 Å². The van der Waals surface area contributed by atoms with Gasteiger partial charge in [-0.1, -0.05) is 145 Å². The van der Waals surface area contributed by atoms with Crippen molar-refractivity contribution in [2.45, 2.75) is 0 Å². The molecule has 11 rings (SSSR count). The van der Waals surface area contributed by atoms with Gasteiger partial charge in [-0.2, -0.15) is 0 Å². The van der Waals surface area contributed by atoms with Crippen LogP contribution in [0.5, 0.6) is 0 Å². The summed E-state index contributed by atoms with van der Waals surface area (Å²) in [7, 11) is 0. The monoisotopic (exact) mass is 693 g/mol. The predicted octanol–water partition coefficient (Wildman–Crippen LogP) is 14.0. The van der Waals surface area contributed by atoms with Crippen LogP contribution < -0.4 is 0 Å². The molecule has 0 atom stereocenters. The van der Waals surface area contributed by atoms with Crippen LogP contribution in [0.3, 0.4) is 0 Å². The van der Waals surface area contributed by atoms with Crippen molar-refractivity contribution in [2.75, 3.05) is 0 Å². The molecule has 0 aliphatic carbocycles. The van der Waals surface area contributed by atoms with E-state index >= 15 is 0 Å². The molecule has 0 unspecified atom stereocenters. The fourth-order valence-corrected chi connectivity index (χ4v) is 8.05. The Morgan fingerprint density at radius 2 is 1.04 bits per heavy atom. The third-order valence-electron chi connectivity index (χ3n) is 10.5. The average Bonchev–Trinajstić information content (AvgIpc) is 3.84. The van der Waals surface area contributed by atoms with Gasteiger partial charge in [0.2, 0.25) is 0 Å². The van der Waals surface area contributed by atoms with Gasteiger partial charge < -0.3 is 9.13 Å². The summed E-state index contributed by atoms with van der Waals surface area (Å²) in [5.41, 5.74) is 8.87. The SMILES string of the molecule is [2H]c1c([2H])c([2H])c2c(c1[2H])c1c([2H])c(-c3ccc4c(c3)c3c(-c5ccccc5)cccc3n4-c3cccc(-c4ccccc4)c3)c([2H])c([2H])c1n2-c1ccc2ccccc2c1. The summed E-state index contributed by atoms with van der Waals surface area (Å²) >= 11 is 0. The Bertz CT molecular complexity index is 3610. The number of benzene rings is 9. The lowest BCUT2D eigenvalue weighted by Gasteiger charge is -2.11. The van der Waals surface area contributed by atoms with Crippen LogP contribution in [0.25, 0.3) is 99.1 Å². The van der Waals surface area contributed by atoms with E-state index in [2.05, 4.69) is 71.3 Å². The maximum Gasteiger partial charge on any atom is 0.0645 e. The summed E-state index contributed by atoms with van der Waals surface area (Å²) in [6, 6.07) is 52.9. The maximum atomic E-state index is 9.91. The van der Waals surface area contributed by atoms with Crippen LogP contribution in [-0.4, -0.2) is 9.13 Å². The normalized spacial score (nSPS) is 13.5. The van der Waals surface area contributed by atoms with E-state index in [1.807, 2.05) is 97.1 Å². The Labute approximate surface area is 323 Å². The molecule has 0 saturated carbocycles. The van der Waals surface area contributed by atoms with Crippen molar-refractivity contribution in [3.63, 3.8) is 0 Å². The second-order valence-corrected chi connectivity index (χ2v) is 13.6. The molecule has 2 heteroatoms. The molecule has 0 radical (unpaired) electrons. The molecule has 0 aliphatic heterocycles. The summed E-state index contributed by atoms with van der Waals surface area (Å²) in [4.78, 5) is 0. The third kappa shape index (κ3) is 4.81. The minimum Gasteiger partial charge on any atom is -0.309 e. The third-order valence-corrected chi connectivity index (χ3v) is 10.5. The Morgan fingerprint density at radius 3 is 1.91 bits per heavy atom. The molecule has 11 aromatic rings. The minimum absolute atomic E-state index is 0.0764. The number of rotatable bonds is 5. The molecule has 252 valence electrons. The molecular formula is C52H34N2. The smallest absolute Gasteiger partial charge is 0.0645 e. The van der Waals surface area contributed by atoms with Crippen LogP contribution >= 0.6 is 0 Å². The van der Waals surface area contributed by atoms with Crippen LogP contribution in [0.4, 0.5) is 0 Å². The largest absolute Gasteiger partial charge is 0.309 e. The second kappa shape index (κ2) is 12.2. The molecule has 2 heterocycles. The zero-order valence-electron chi connectivity index (χ0n) is 36.0. The Morgan fingerprint density at radius 1 is 0.352 bits per heavy atom. The van der Waals surface area contributed by atoms with Crippen LogP contribution in [-0.2, 0) is 0 Å². The first-order chi connectivity index (χ1) is 29.7. The van der Waals surface area contributed by atoms with Gasteiger partial charge in [0.15, 0.2) is 0 Å². The summed E-state index contributed by atoms with van der Waals surface area (Å²) in [6.07, 6.45) is 0. The van der Waals surface area contributed by atoms with Gasteiger partial charge in [-0.05, 0) is 105 Å². The van der Waals surface area contributed by atoms with Gasteiger partial charge in [-0.15, -0.1) is 0 Å². The highest BCUT2D eigenvalue weighted by Gasteiger charge is 2.19. The molecule has 0 amide bonds. The maximum absolute atomic E-state index is 9.91. The fourth-order valence-electron chi connectivity index (χ4n) is 8.05. The van der Waals surface area contributed by atoms with E-state index < -0.39 is 12.1 Å². The van der Waals surface area contributed by atoms with Gasteiger partial charge in [-0.25, -0.2) is 0 Å². The zero-order chi connectivity index (χ0) is 41.7. The molecule has 0 spiro atoms. The van der Waals surface area contributed by atoms with Crippen molar-refractivity contribution in [3.05, 3.63) is 206 Å². The number of hydrogen-bond donors (Lipinski definition) is 0. The first-order valence-corrected chi connectivity index (χ1v) is 18.0. The molecule has 9 aromatic carbocycles.